The smallest absolute Gasteiger partial charge is 0.0632 e. The summed E-state index contributed by atoms with van der Waals surface area (Å²) < 4.78 is 5.97. The van der Waals surface area contributed by atoms with Crippen molar-refractivity contribution >= 4 is 0 Å². The van der Waals surface area contributed by atoms with Crippen LogP contribution in [0.1, 0.15) is 53.4 Å². The van der Waals surface area contributed by atoms with E-state index >= 15 is 0 Å². The van der Waals surface area contributed by atoms with Crippen LogP contribution in [0.15, 0.2) is 0 Å². The molecule has 0 aromatic carbocycles. The van der Waals surface area contributed by atoms with Crippen LogP contribution in [0, 0.1) is 17.8 Å². The first-order valence-corrected chi connectivity index (χ1v) is 6.36. The number of rotatable bonds is 5. The zero-order valence-electron chi connectivity index (χ0n) is 10.3. The highest BCUT2D eigenvalue weighted by Crippen LogP contribution is 2.35. The SMILES string of the molecule is CCCC(CC)C1OCC(CC)C1C. The maximum absolute atomic E-state index is 5.97. The van der Waals surface area contributed by atoms with Crippen LogP contribution < -0.4 is 0 Å². The van der Waals surface area contributed by atoms with Gasteiger partial charge in [0.1, 0.15) is 0 Å². The highest BCUT2D eigenvalue weighted by Gasteiger charge is 2.36. The van der Waals surface area contributed by atoms with Crippen LogP contribution in [0.25, 0.3) is 0 Å². The van der Waals surface area contributed by atoms with Gasteiger partial charge in [0.2, 0.25) is 0 Å². The van der Waals surface area contributed by atoms with Gasteiger partial charge >= 0.3 is 0 Å². The zero-order valence-corrected chi connectivity index (χ0v) is 10.3. The Labute approximate surface area is 89.2 Å². The Morgan fingerprint density at radius 2 is 2.00 bits per heavy atom. The lowest BCUT2D eigenvalue weighted by molar-refractivity contribution is 0.0395. The Bertz CT molecular complexity index is 155. The molecule has 1 fully saturated rings. The first kappa shape index (κ1) is 12.0. The van der Waals surface area contributed by atoms with E-state index in [2.05, 4.69) is 27.7 Å². The van der Waals surface area contributed by atoms with E-state index in [0.29, 0.717) is 6.10 Å². The molecule has 0 N–H and O–H groups in total. The molecule has 0 bridgehead atoms. The Morgan fingerprint density at radius 3 is 2.43 bits per heavy atom. The van der Waals surface area contributed by atoms with Gasteiger partial charge in [-0.25, -0.2) is 0 Å². The maximum Gasteiger partial charge on any atom is 0.0632 e. The van der Waals surface area contributed by atoms with Crippen molar-refractivity contribution < 1.29 is 4.74 Å². The summed E-state index contributed by atoms with van der Waals surface area (Å²) in [6.45, 7) is 10.2. The quantitative estimate of drug-likeness (QED) is 0.651. The lowest BCUT2D eigenvalue weighted by Crippen LogP contribution is -2.26. The predicted molar refractivity (Wildman–Crippen MR) is 61.4 cm³/mol. The molecule has 14 heavy (non-hydrogen) atoms. The molecular formula is C13H26O. The minimum atomic E-state index is 0.546. The predicted octanol–water partition coefficient (Wildman–Crippen LogP) is 3.87. The van der Waals surface area contributed by atoms with Crippen molar-refractivity contribution in [1.82, 2.24) is 0 Å². The van der Waals surface area contributed by atoms with Crippen molar-refractivity contribution in [2.75, 3.05) is 6.61 Å². The van der Waals surface area contributed by atoms with E-state index in [9.17, 15) is 0 Å². The van der Waals surface area contributed by atoms with Crippen LogP contribution in [-0.2, 0) is 4.74 Å². The highest BCUT2D eigenvalue weighted by molar-refractivity contribution is 4.84. The van der Waals surface area contributed by atoms with E-state index in [4.69, 9.17) is 4.74 Å². The summed E-state index contributed by atoms with van der Waals surface area (Å²) in [5, 5.41) is 0. The van der Waals surface area contributed by atoms with Crippen LogP contribution in [0.3, 0.4) is 0 Å². The summed E-state index contributed by atoms with van der Waals surface area (Å²) >= 11 is 0. The molecule has 1 nitrogen and oxygen atoms in total. The normalized spacial score (nSPS) is 34.7. The highest BCUT2D eigenvalue weighted by atomic mass is 16.5. The monoisotopic (exact) mass is 198 g/mol. The molecule has 1 aliphatic heterocycles. The van der Waals surface area contributed by atoms with Crippen LogP contribution in [-0.4, -0.2) is 12.7 Å². The van der Waals surface area contributed by atoms with Crippen molar-refractivity contribution in [2.24, 2.45) is 17.8 Å². The van der Waals surface area contributed by atoms with E-state index in [1.807, 2.05) is 0 Å². The van der Waals surface area contributed by atoms with E-state index < -0.39 is 0 Å². The first-order valence-electron chi connectivity index (χ1n) is 6.36. The Kier molecular flexibility index (Phi) is 4.94. The molecule has 1 aliphatic rings. The molecular weight excluding hydrogens is 172 g/mol. The lowest BCUT2D eigenvalue weighted by atomic mass is 9.82. The van der Waals surface area contributed by atoms with Gasteiger partial charge in [-0.3, -0.25) is 0 Å². The van der Waals surface area contributed by atoms with Crippen molar-refractivity contribution in [3.63, 3.8) is 0 Å². The van der Waals surface area contributed by atoms with E-state index in [1.165, 1.54) is 25.7 Å². The van der Waals surface area contributed by atoms with Gasteiger partial charge in [0, 0.05) is 0 Å². The number of hydrogen-bond acceptors (Lipinski definition) is 1. The minimum absolute atomic E-state index is 0.546. The second-order valence-electron chi connectivity index (χ2n) is 4.78. The molecule has 0 radical (unpaired) electrons. The van der Waals surface area contributed by atoms with Gasteiger partial charge in [-0.15, -0.1) is 0 Å². The Morgan fingerprint density at radius 1 is 1.29 bits per heavy atom. The Hall–Kier alpha value is -0.0400. The van der Waals surface area contributed by atoms with E-state index in [1.54, 1.807) is 0 Å². The summed E-state index contributed by atoms with van der Waals surface area (Å²) in [6, 6.07) is 0. The fraction of sp³-hybridized carbons (Fsp3) is 1.00. The van der Waals surface area contributed by atoms with Crippen molar-refractivity contribution in [3.8, 4) is 0 Å². The molecule has 1 rings (SSSR count). The molecule has 0 aliphatic carbocycles. The summed E-state index contributed by atoms with van der Waals surface area (Å²) in [5.74, 6) is 2.38. The van der Waals surface area contributed by atoms with Crippen molar-refractivity contribution in [3.05, 3.63) is 0 Å². The van der Waals surface area contributed by atoms with Crippen molar-refractivity contribution in [2.45, 2.75) is 59.5 Å². The first-order chi connectivity index (χ1) is 6.74. The molecule has 1 heterocycles. The summed E-state index contributed by atoms with van der Waals surface area (Å²) in [5.41, 5.74) is 0. The van der Waals surface area contributed by atoms with Crippen molar-refractivity contribution in [1.29, 1.82) is 0 Å². The van der Waals surface area contributed by atoms with Gasteiger partial charge < -0.3 is 4.74 Å². The third kappa shape index (κ3) is 2.50. The number of hydrogen-bond donors (Lipinski definition) is 0. The molecule has 1 heteroatoms. The largest absolute Gasteiger partial charge is 0.377 e. The maximum atomic E-state index is 5.97. The second kappa shape index (κ2) is 5.75. The molecule has 84 valence electrons. The average molecular weight is 198 g/mol. The second-order valence-corrected chi connectivity index (χ2v) is 4.78. The van der Waals surface area contributed by atoms with E-state index in [0.717, 1.165) is 24.4 Å². The summed E-state index contributed by atoms with van der Waals surface area (Å²) in [6.07, 6.45) is 5.73. The standard InChI is InChI=1S/C13H26O/c1-5-8-11(6-2)13-10(4)12(7-3)9-14-13/h10-13H,5-9H2,1-4H3. The fourth-order valence-corrected chi connectivity index (χ4v) is 2.83. The topological polar surface area (TPSA) is 9.23 Å². The van der Waals surface area contributed by atoms with Crippen LogP contribution >= 0.6 is 0 Å². The Balaban J connectivity index is 2.51. The lowest BCUT2D eigenvalue weighted by Gasteiger charge is -2.25. The van der Waals surface area contributed by atoms with Crippen LogP contribution in [0.5, 0.6) is 0 Å². The molecule has 0 aromatic rings. The molecule has 0 saturated carbocycles. The van der Waals surface area contributed by atoms with Gasteiger partial charge in [0.05, 0.1) is 12.7 Å². The third-order valence-corrected chi connectivity index (χ3v) is 3.94. The molecule has 1 saturated heterocycles. The molecule has 0 aromatic heterocycles. The zero-order chi connectivity index (χ0) is 10.6. The molecule has 0 amide bonds. The van der Waals surface area contributed by atoms with Crippen LogP contribution in [0.2, 0.25) is 0 Å². The van der Waals surface area contributed by atoms with Gasteiger partial charge in [-0.2, -0.15) is 0 Å². The molecule has 4 unspecified atom stereocenters. The minimum Gasteiger partial charge on any atom is -0.377 e. The average Bonchev–Trinajstić information content (AvgIpc) is 2.56. The molecule has 4 atom stereocenters. The number of ether oxygens (including phenoxy) is 1. The van der Waals surface area contributed by atoms with Crippen LogP contribution in [0.4, 0.5) is 0 Å². The van der Waals surface area contributed by atoms with Gasteiger partial charge in [-0.1, -0.05) is 47.0 Å². The summed E-state index contributed by atoms with van der Waals surface area (Å²) in [4.78, 5) is 0. The third-order valence-electron chi connectivity index (χ3n) is 3.94. The summed E-state index contributed by atoms with van der Waals surface area (Å²) in [7, 11) is 0. The van der Waals surface area contributed by atoms with Gasteiger partial charge in [0.25, 0.3) is 0 Å². The van der Waals surface area contributed by atoms with E-state index in [-0.39, 0.29) is 0 Å². The fourth-order valence-electron chi connectivity index (χ4n) is 2.83. The molecule has 0 spiro atoms. The van der Waals surface area contributed by atoms with Gasteiger partial charge in [-0.05, 0) is 24.2 Å². The van der Waals surface area contributed by atoms with Gasteiger partial charge in [0.15, 0.2) is 0 Å².